The third-order valence-corrected chi connectivity index (χ3v) is 5.22. The van der Waals surface area contributed by atoms with Crippen LogP contribution in [0, 0.1) is 12.8 Å². The highest BCUT2D eigenvalue weighted by molar-refractivity contribution is 5.96. The lowest BCUT2D eigenvalue weighted by Crippen LogP contribution is -2.32. The van der Waals surface area contributed by atoms with Crippen molar-refractivity contribution in [3.8, 4) is 0 Å². The first-order valence-electron chi connectivity index (χ1n) is 10.2. The van der Waals surface area contributed by atoms with Crippen LogP contribution < -0.4 is 4.90 Å². The molecule has 1 fully saturated rings. The van der Waals surface area contributed by atoms with Gasteiger partial charge in [-0.15, -0.1) is 0 Å². The Kier molecular flexibility index (Phi) is 6.50. The van der Waals surface area contributed by atoms with Crippen molar-refractivity contribution in [3.63, 3.8) is 0 Å². The fraction of sp³-hybridized carbons (Fsp3) is 0.417. The van der Waals surface area contributed by atoms with Gasteiger partial charge in [-0.1, -0.05) is 48.9 Å². The van der Waals surface area contributed by atoms with Crippen molar-refractivity contribution < 1.29 is 9.59 Å². The van der Waals surface area contributed by atoms with Crippen LogP contribution in [0.2, 0.25) is 0 Å². The molecule has 0 saturated heterocycles. The molecule has 3 rings (SSSR count). The van der Waals surface area contributed by atoms with Crippen LogP contribution in [0.3, 0.4) is 0 Å². The molecule has 0 unspecified atom stereocenters. The molecule has 0 heterocycles. The van der Waals surface area contributed by atoms with E-state index < -0.39 is 0 Å². The summed E-state index contributed by atoms with van der Waals surface area (Å²) in [5, 5.41) is 0. The van der Waals surface area contributed by atoms with Crippen molar-refractivity contribution in [2.24, 2.45) is 5.92 Å². The van der Waals surface area contributed by atoms with E-state index in [2.05, 4.69) is 38.1 Å². The van der Waals surface area contributed by atoms with Crippen molar-refractivity contribution in [1.29, 1.82) is 0 Å². The second-order valence-electron chi connectivity index (χ2n) is 7.85. The van der Waals surface area contributed by atoms with E-state index >= 15 is 0 Å². The van der Waals surface area contributed by atoms with Crippen LogP contribution in [0.1, 0.15) is 42.9 Å². The van der Waals surface area contributed by atoms with Gasteiger partial charge >= 0.3 is 0 Å². The summed E-state index contributed by atoms with van der Waals surface area (Å²) in [4.78, 5) is 29.0. The zero-order chi connectivity index (χ0) is 20.1. The second-order valence-corrected chi connectivity index (χ2v) is 7.85. The lowest BCUT2D eigenvalue weighted by atomic mass is 10.1. The smallest absolute Gasteiger partial charge is 0.230 e. The Hall–Kier alpha value is -2.62. The molecule has 0 radical (unpaired) electrons. The van der Waals surface area contributed by atoms with Crippen molar-refractivity contribution >= 4 is 17.5 Å². The Labute approximate surface area is 168 Å². The minimum atomic E-state index is 0.109. The molecule has 148 valence electrons. The predicted octanol–water partition coefficient (Wildman–Crippen LogP) is 4.35. The zero-order valence-corrected chi connectivity index (χ0v) is 17.1. The molecule has 2 aromatic carbocycles. The van der Waals surface area contributed by atoms with E-state index in [1.54, 1.807) is 4.90 Å². The summed E-state index contributed by atoms with van der Waals surface area (Å²) in [5.41, 5.74) is 4.15. The Balaban J connectivity index is 1.80. The quantitative estimate of drug-likeness (QED) is 0.685. The van der Waals surface area contributed by atoms with Crippen LogP contribution in [0.5, 0.6) is 0 Å². The molecule has 2 aromatic rings. The van der Waals surface area contributed by atoms with E-state index in [0.717, 1.165) is 42.6 Å². The summed E-state index contributed by atoms with van der Waals surface area (Å²) in [5.74, 6) is 0.441. The van der Waals surface area contributed by atoms with Gasteiger partial charge < -0.3 is 9.80 Å². The van der Waals surface area contributed by atoms with E-state index in [1.165, 1.54) is 5.56 Å². The van der Waals surface area contributed by atoms with Gasteiger partial charge in [0.15, 0.2) is 0 Å². The van der Waals surface area contributed by atoms with Gasteiger partial charge in [0.1, 0.15) is 0 Å². The van der Waals surface area contributed by atoms with Gasteiger partial charge in [-0.05, 0) is 49.4 Å². The van der Waals surface area contributed by atoms with E-state index in [4.69, 9.17) is 0 Å². The van der Waals surface area contributed by atoms with Crippen LogP contribution in [0.25, 0.3) is 0 Å². The molecular weight excluding hydrogens is 348 g/mol. The molecule has 4 heteroatoms. The van der Waals surface area contributed by atoms with E-state index in [0.29, 0.717) is 13.0 Å². The molecule has 0 N–H and O–H groups in total. The lowest BCUT2D eigenvalue weighted by Gasteiger charge is -2.24. The minimum Gasteiger partial charge on any atom is -0.345 e. The van der Waals surface area contributed by atoms with Gasteiger partial charge in [-0.2, -0.15) is 0 Å². The first kappa shape index (κ1) is 20.1. The average Bonchev–Trinajstić information content (AvgIpc) is 3.53. The Morgan fingerprint density at radius 2 is 1.75 bits per heavy atom. The number of likely N-dealkylation sites (N-methyl/N-ethyl adjacent to an activating group) is 1. The van der Waals surface area contributed by atoms with Gasteiger partial charge in [-0.25, -0.2) is 0 Å². The van der Waals surface area contributed by atoms with Crippen molar-refractivity contribution in [3.05, 3.63) is 65.2 Å². The fourth-order valence-corrected chi connectivity index (χ4v) is 3.33. The Morgan fingerprint density at radius 3 is 2.39 bits per heavy atom. The normalized spacial score (nSPS) is 13.2. The maximum atomic E-state index is 13.0. The van der Waals surface area contributed by atoms with Crippen LogP contribution in [0.15, 0.2) is 48.5 Å². The number of hydrogen-bond acceptors (Lipinski definition) is 2. The van der Waals surface area contributed by atoms with Crippen LogP contribution in [-0.2, 0) is 22.6 Å². The number of carbonyl (C=O) groups is 2. The van der Waals surface area contributed by atoms with Crippen LogP contribution in [0.4, 0.5) is 5.69 Å². The van der Waals surface area contributed by atoms with Crippen molar-refractivity contribution in [1.82, 2.24) is 4.90 Å². The highest BCUT2D eigenvalue weighted by Crippen LogP contribution is 2.33. The SMILES string of the molecule is CCCN(C)C(=O)Cc1cccc(N(Cc2ccc(C)cc2)C(=O)C2CC2)c1. The van der Waals surface area contributed by atoms with Crippen LogP contribution >= 0.6 is 0 Å². The highest BCUT2D eigenvalue weighted by atomic mass is 16.2. The number of hydrogen-bond donors (Lipinski definition) is 0. The lowest BCUT2D eigenvalue weighted by molar-refractivity contribution is -0.129. The molecule has 1 aliphatic rings. The first-order chi connectivity index (χ1) is 13.5. The molecule has 0 spiro atoms. The van der Waals surface area contributed by atoms with Gasteiger partial charge in [-0.3, -0.25) is 9.59 Å². The Bertz CT molecular complexity index is 825. The van der Waals surface area contributed by atoms with Crippen molar-refractivity contribution in [2.75, 3.05) is 18.5 Å². The minimum absolute atomic E-state index is 0.109. The average molecular weight is 379 g/mol. The first-order valence-corrected chi connectivity index (χ1v) is 10.2. The van der Waals surface area contributed by atoms with Gasteiger partial charge in [0, 0.05) is 25.2 Å². The number of aryl methyl sites for hydroxylation is 1. The largest absolute Gasteiger partial charge is 0.345 e. The molecule has 1 saturated carbocycles. The van der Waals surface area contributed by atoms with E-state index in [-0.39, 0.29) is 17.7 Å². The van der Waals surface area contributed by atoms with E-state index in [9.17, 15) is 9.59 Å². The maximum absolute atomic E-state index is 13.0. The molecule has 0 atom stereocenters. The third-order valence-electron chi connectivity index (χ3n) is 5.22. The summed E-state index contributed by atoms with van der Waals surface area (Å²) in [6, 6.07) is 16.2. The molecule has 0 aromatic heterocycles. The summed E-state index contributed by atoms with van der Waals surface area (Å²) < 4.78 is 0. The number of anilines is 1. The number of carbonyl (C=O) groups excluding carboxylic acids is 2. The number of rotatable bonds is 8. The monoisotopic (exact) mass is 378 g/mol. The maximum Gasteiger partial charge on any atom is 0.230 e. The molecule has 28 heavy (non-hydrogen) atoms. The summed E-state index contributed by atoms with van der Waals surface area (Å²) in [6.07, 6.45) is 3.26. The topological polar surface area (TPSA) is 40.6 Å². The fourth-order valence-electron chi connectivity index (χ4n) is 3.33. The van der Waals surface area contributed by atoms with Gasteiger partial charge in [0.25, 0.3) is 0 Å². The van der Waals surface area contributed by atoms with Crippen LogP contribution in [-0.4, -0.2) is 30.3 Å². The molecular formula is C24H30N2O2. The third kappa shape index (κ3) is 5.22. The highest BCUT2D eigenvalue weighted by Gasteiger charge is 2.34. The number of amides is 2. The number of nitrogens with zero attached hydrogens (tertiary/aromatic N) is 2. The summed E-state index contributed by atoms with van der Waals surface area (Å²) in [7, 11) is 1.84. The van der Waals surface area contributed by atoms with Gasteiger partial charge in [0.2, 0.25) is 11.8 Å². The second kappa shape index (κ2) is 9.05. The predicted molar refractivity (Wildman–Crippen MR) is 113 cm³/mol. The zero-order valence-electron chi connectivity index (χ0n) is 17.1. The van der Waals surface area contributed by atoms with Gasteiger partial charge in [0.05, 0.1) is 13.0 Å². The molecule has 4 nitrogen and oxygen atoms in total. The summed E-state index contributed by atoms with van der Waals surface area (Å²) in [6.45, 7) is 5.45. The molecule has 1 aliphatic carbocycles. The molecule has 0 bridgehead atoms. The number of benzene rings is 2. The summed E-state index contributed by atoms with van der Waals surface area (Å²) >= 11 is 0. The molecule has 2 amide bonds. The van der Waals surface area contributed by atoms with Crippen molar-refractivity contribution in [2.45, 2.75) is 46.1 Å². The Morgan fingerprint density at radius 1 is 1.04 bits per heavy atom. The van der Waals surface area contributed by atoms with E-state index in [1.807, 2.05) is 36.2 Å². The standard InChI is InChI=1S/C24H30N2O2/c1-4-14-25(3)23(27)16-20-6-5-7-22(15-20)26(24(28)21-12-13-21)17-19-10-8-18(2)9-11-19/h5-11,15,21H,4,12-14,16-17H2,1-3H3. The molecule has 0 aliphatic heterocycles.